The van der Waals surface area contributed by atoms with Gasteiger partial charge in [0.15, 0.2) is 29.1 Å². The minimum absolute atomic E-state index is 0.0138. The smallest absolute Gasteiger partial charge is 0.200 e. The van der Waals surface area contributed by atoms with Crippen molar-refractivity contribution in [1.29, 1.82) is 0 Å². The highest BCUT2D eigenvalue weighted by molar-refractivity contribution is 6.25. The van der Waals surface area contributed by atoms with Gasteiger partial charge in [-0.25, -0.2) is 26.9 Å². The molecule has 0 aliphatic heterocycles. The van der Waals surface area contributed by atoms with Crippen LogP contribution in [0.2, 0.25) is 0 Å². The minimum atomic E-state index is -2.30. The highest BCUT2D eigenvalue weighted by Crippen LogP contribution is 2.33. The Morgan fingerprint density at radius 2 is 1.42 bits per heavy atom. The van der Waals surface area contributed by atoms with Crippen LogP contribution < -0.4 is 0 Å². The number of aliphatic imine (C=N–C) groups is 1. The maximum Gasteiger partial charge on any atom is 0.200 e. The van der Waals surface area contributed by atoms with E-state index in [-0.39, 0.29) is 16.8 Å². The fourth-order valence-electron chi connectivity index (χ4n) is 2.25. The first-order valence-corrected chi connectivity index (χ1v) is 6.47. The number of carbonyl (C=O) groups is 1. The molecule has 0 aromatic heterocycles. The molecular formula is C16H6F5NO2. The normalized spacial score (nSPS) is 15.0. The zero-order valence-electron chi connectivity index (χ0n) is 11.6. The minimum Gasteiger partial charge on any atom is -0.507 e. The molecular weight excluding hydrogens is 333 g/mol. The molecule has 122 valence electrons. The predicted octanol–water partition coefficient (Wildman–Crippen LogP) is 3.96. The molecule has 0 bridgehead atoms. The van der Waals surface area contributed by atoms with Crippen LogP contribution >= 0.6 is 0 Å². The largest absolute Gasteiger partial charge is 0.507 e. The molecule has 0 fully saturated rings. The molecule has 1 N–H and O–H groups in total. The molecule has 2 aromatic carbocycles. The lowest BCUT2D eigenvalue weighted by atomic mass is 9.93. The zero-order chi connectivity index (χ0) is 17.6. The fourth-order valence-corrected chi connectivity index (χ4v) is 2.25. The van der Waals surface area contributed by atoms with Gasteiger partial charge in [-0.3, -0.25) is 4.79 Å². The van der Waals surface area contributed by atoms with E-state index < -0.39 is 46.3 Å². The molecule has 0 amide bonds. The van der Waals surface area contributed by atoms with Gasteiger partial charge in [-0.1, -0.05) is 12.1 Å². The maximum atomic E-state index is 13.7. The van der Waals surface area contributed by atoms with E-state index in [1.54, 1.807) is 0 Å². The van der Waals surface area contributed by atoms with Crippen LogP contribution in [0, 0.1) is 29.1 Å². The molecule has 0 unspecified atom stereocenters. The third-order valence-corrected chi connectivity index (χ3v) is 3.38. The summed E-state index contributed by atoms with van der Waals surface area (Å²) in [5.74, 6) is -11.7. The van der Waals surface area contributed by atoms with Crippen LogP contribution in [-0.4, -0.2) is 16.6 Å². The summed E-state index contributed by atoms with van der Waals surface area (Å²) in [4.78, 5) is 15.2. The molecule has 1 aliphatic rings. The first-order valence-electron chi connectivity index (χ1n) is 6.47. The topological polar surface area (TPSA) is 49.7 Å². The molecule has 0 heterocycles. The predicted molar refractivity (Wildman–Crippen MR) is 74.0 cm³/mol. The van der Waals surface area contributed by atoms with Crippen molar-refractivity contribution in [2.75, 3.05) is 0 Å². The number of hydrogen-bond acceptors (Lipinski definition) is 3. The average molecular weight is 339 g/mol. The number of fused-ring (bicyclic) bond motifs is 1. The number of phenolic OH excluding ortho intramolecular Hbond substituents is 1. The van der Waals surface area contributed by atoms with Gasteiger partial charge in [0.2, 0.25) is 5.82 Å². The molecule has 0 saturated carbocycles. The number of ketones is 1. The van der Waals surface area contributed by atoms with Crippen molar-refractivity contribution in [3.8, 4) is 5.75 Å². The number of phenols is 1. The Kier molecular flexibility index (Phi) is 3.67. The Morgan fingerprint density at radius 1 is 0.833 bits per heavy atom. The summed E-state index contributed by atoms with van der Waals surface area (Å²) in [6.45, 7) is 0. The van der Waals surface area contributed by atoms with E-state index in [0.717, 1.165) is 12.2 Å². The van der Waals surface area contributed by atoms with Crippen molar-refractivity contribution >= 4 is 17.2 Å². The summed E-state index contributed by atoms with van der Waals surface area (Å²) in [7, 11) is 0. The Balaban J connectivity index is 2.29. The second-order valence-electron chi connectivity index (χ2n) is 4.81. The quantitative estimate of drug-likeness (QED) is 0.486. The summed E-state index contributed by atoms with van der Waals surface area (Å²) in [5, 5.41) is 9.85. The third-order valence-electron chi connectivity index (χ3n) is 3.38. The summed E-state index contributed by atoms with van der Waals surface area (Å²) in [5.41, 5.74) is -1.89. The van der Waals surface area contributed by atoms with Gasteiger partial charge < -0.3 is 5.11 Å². The van der Waals surface area contributed by atoms with Gasteiger partial charge in [0.1, 0.15) is 11.4 Å². The van der Waals surface area contributed by atoms with Crippen molar-refractivity contribution in [3.63, 3.8) is 0 Å². The third kappa shape index (κ3) is 2.27. The summed E-state index contributed by atoms with van der Waals surface area (Å²) >= 11 is 0. The molecule has 8 heteroatoms. The van der Waals surface area contributed by atoms with Crippen LogP contribution in [0.25, 0.3) is 0 Å². The van der Waals surface area contributed by atoms with Crippen molar-refractivity contribution in [3.05, 3.63) is 70.6 Å². The lowest BCUT2D eigenvalue weighted by molar-refractivity contribution is 0.104. The average Bonchev–Trinajstić information content (AvgIpc) is 2.57. The van der Waals surface area contributed by atoms with Gasteiger partial charge in [0.25, 0.3) is 0 Å². The molecule has 0 spiro atoms. The van der Waals surface area contributed by atoms with Crippen LogP contribution in [0.1, 0.15) is 15.9 Å². The molecule has 0 saturated heterocycles. The lowest BCUT2D eigenvalue weighted by Crippen LogP contribution is -2.13. The number of aromatic hydroxyl groups is 1. The zero-order valence-corrected chi connectivity index (χ0v) is 11.6. The number of nitrogens with zero attached hydrogens (tertiary/aromatic N) is 1. The van der Waals surface area contributed by atoms with Gasteiger partial charge in [-0.05, 0) is 18.2 Å². The molecule has 1 aliphatic carbocycles. The lowest BCUT2D eigenvalue weighted by Gasteiger charge is -2.14. The highest BCUT2D eigenvalue weighted by atomic mass is 19.2. The number of benzene rings is 2. The van der Waals surface area contributed by atoms with E-state index in [0.29, 0.717) is 0 Å². The van der Waals surface area contributed by atoms with Crippen LogP contribution in [0.15, 0.2) is 35.3 Å². The van der Waals surface area contributed by atoms with E-state index in [9.17, 15) is 31.9 Å². The van der Waals surface area contributed by atoms with Crippen molar-refractivity contribution in [1.82, 2.24) is 0 Å². The molecule has 0 atom stereocenters. The first-order chi connectivity index (χ1) is 11.3. The van der Waals surface area contributed by atoms with Crippen molar-refractivity contribution in [2.45, 2.75) is 0 Å². The van der Waals surface area contributed by atoms with E-state index in [4.69, 9.17) is 0 Å². The Hall–Kier alpha value is -3.03. The van der Waals surface area contributed by atoms with Crippen molar-refractivity contribution in [2.24, 2.45) is 4.99 Å². The van der Waals surface area contributed by atoms with Gasteiger partial charge in [-0.15, -0.1) is 0 Å². The summed E-state index contributed by atoms with van der Waals surface area (Å²) in [6, 6.07) is 3.88. The Morgan fingerprint density at radius 3 is 2.04 bits per heavy atom. The second-order valence-corrected chi connectivity index (χ2v) is 4.81. The van der Waals surface area contributed by atoms with Gasteiger partial charge in [0, 0.05) is 5.56 Å². The second kappa shape index (κ2) is 5.55. The number of halogens is 5. The van der Waals surface area contributed by atoms with Crippen LogP contribution in [0.4, 0.5) is 27.6 Å². The van der Waals surface area contributed by atoms with E-state index >= 15 is 0 Å². The molecule has 3 nitrogen and oxygen atoms in total. The SMILES string of the molecule is O=C1C=CC(=Nc2c(F)c(F)c(F)c(F)c2F)c2c(O)cccc21. The first kappa shape index (κ1) is 15.9. The molecule has 0 radical (unpaired) electrons. The monoisotopic (exact) mass is 339 g/mol. The van der Waals surface area contributed by atoms with Gasteiger partial charge in [0.05, 0.1) is 11.3 Å². The molecule has 2 aromatic rings. The Bertz CT molecular complexity index is 921. The van der Waals surface area contributed by atoms with Crippen LogP contribution in [-0.2, 0) is 0 Å². The fraction of sp³-hybridized carbons (Fsp3) is 0. The Labute approximate surface area is 131 Å². The standard InChI is InChI=1S/C16H6F5NO2/c17-11-12(18)14(20)16(15(21)13(11)19)22-7-4-5-8(23)6-2-1-3-9(24)10(6)7/h1-5,24H. The van der Waals surface area contributed by atoms with E-state index in [1.807, 2.05) is 0 Å². The van der Waals surface area contributed by atoms with Crippen LogP contribution in [0.5, 0.6) is 5.75 Å². The number of carbonyl (C=O) groups excluding carboxylic acids is 1. The van der Waals surface area contributed by atoms with Crippen LogP contribution in [0.3, 0.4) is 0 Å². The van der Waals surface area contributed by atoms with E-state index in [2.05, 4.69) is 4.99 Å². The van der Waals surface area contributed by atoms with E-state index in [1.165, 1.54) is 18.2 Å². The summed E-state index contributed by atoms with van der Waals surface area (Å²) in [6.07, 6.45) is 2.02. The summed E-state index contributed by atoms with van der Waals surface area (Å²) < 4.78 is 67.0. The molecule has 3 rings (SSSR count). The highest BCUT2D eigenvalue weighted by Gasteiger charge is 2.27. The van der Waals surface area contributed by atoms with Gasteiger partial charge in [-0.2, -0.15) is 0 Å². The number of hydrogen-bond donors (Lipinski definition) is 1. The van der Waals surface area contributed by atoms with Crippen molar-refractivity contribution < 1.29 is 31.9 Å². The number of allylic oxidation sites excluding steroid dienone is 2. The van der Waals surface area contributed by atoms with Gasteiger partial charge >= 0.3 is 0 Å². The number of rotatable bonds is 1. The molecule has 24 heavy (non-hydrogen) atoms. The maximum absolute atomic E-state index is 13.7.